The van der Waals surface area contributed by atoms with Crippen LogP contribution in [-0.2, 0) is 30.3 Å². The van der Waals surface area contributed by atoms with E-state index >= 15 is 0 Å². The lowest BCUT2D eigenvalue weighted by Gasteiger charge is -2.56. The molecule has 216 valence electrons. The Hall–Kier alpha value is -3.74. The van der Waals surface area contributed by atoms with E-state index in [0.29, 0.717) is 56.7 Å². The summed E-state index contributed by atoms with van der Waals surface area (Å²) in [5, 5.41) is 48.3. The molecule has 12 nitrogen and oxygen atoms in total. The molecule has 2 amide bonds. The zero-order valence-corrected chi connectivity index (χ0v) is 22.2. The normalized spacial score (nSPS) is 32.5. The maximum atomic E-state index is 14.1. The first-order valence-electron chi connectivity index (χ1n) is 13.9. The number of nitrogens with two attached hydrogens (primary N) is 1. The van der Waals surface area contributed by atoms with Gasteiger partial charge in [0.1, 0.15) is 22.8 Å². The van der Waals surface area contributed by atoms with Crippen LogP contribution in [0.1, 0.15) is 43.2 Å². The van der Waals surface area contributed by atoms with Gasteiger partial charge in [-0.2, -0.15) is 0 Å². The Morgan fingerprint density at radius 2 is 1.85 bits per heavy atom. The minimum absolute atomic E-state index is 0.00933. The van der Waals surface area contributed by atoms with Gasteiger partial charge in [-0.05, 0) is 55.7 Å². The fourth-order valence-corrected chi connectivity index (χ4v) is 7.99. The zero-order valence-electron chi connectivity index (χ0n) is 22.2. The van der Waals surface area contributed by atoms with Crippen molar-refractivity contribution < 1.29 is 44.3 Å². The van der Waals surface area contributed by atoms with Crippen molar-refractivity contribution in [3.63, 3.8) is 0 Å². The highest BCUT2D eigenvalue weighted by atomic mass is 16.5. The molecule has 2 saturated heterocycles. The maximum absolute atomic E-state index is 14.1. The molecule has 1 spiro atoms. The topological polar surface area (TPSA) is 200 Å². The summed E-state index contributed by atoms with van der Waals surface area (Å²) >= 11 is 0. The van der Waals surface area contributed by atoms with Crippen LogP contribution in [0, 0.1) is 17.3 Å². The first-order valence-corrected chi connectivity index (χ1v) is 13.9. The summed E-state index contributed by atoms with van der Waals surface area (Å²) in [5.41, 5.74) is 2.71. The van der Waals surface area contributed by atoms with Crippen molar-refractivity contribution in [2.45, 2.75) is 56.2 Å². The molecule has 4 aliphatic carbocycles. The van der Waals surface area contributed by atoms with E-state index < -0.39 is 58.0 Å². The molecule has 4 fully saturated rings. The Labute approximate surface area is 234 Å². The van der Waals surface area contributed by atoms with Crippen LogP contribution < -0.4 is 16.0 Å². The van der Waals surface area contributed by atoms with Crippen LogP contribution in [0.3, 0.4) is 0 Å². The molecular weight excluding hydrogens is 534 g/mol. The van der Waals surface area contributed by atoms with Crippen LogP contribution in [0.4, 0.5) is 5.69 Å². The third-order valence-electron chi connectivity index (χ3n) is 10.0. The van der Waals surface area contributed by atoms with Crippen LogP contribution in [0.15, 0.2) is 29.0 Å². The highest BCUT2D eigenvalue weighted by molar-refractivity contribution is 6.24. The Balaban J connectivity index is 1.33. The highest BCUT2D eigenvalue weighted by Crippen LogP contribution is 2.54. The molecule has 7 rings (SSSR count). The van der Waals surface area contributed by atoms with E-state index in [1.165, 1.54) is 6.07 Å². The van der Waals surface area contributed by atoms with Gasteiger partial charge in [-0.15, -0.1) is 0 Å². The van der Waals surface area contributed by atoms with Gasteiger partial charge in [-0.25, -0.2) is 0 Å². The number of phenols is 1. The highest BCUT2D eigenvalue weighted by Gasteiger charge is 2.64. The lowest BCUT2D eigenvalue weighted by molar-refractivity contribution is -0.172. The third-order valence-corrected chi connectivity index (χ3v) is 10.0. The number of carbonyl (C=O) groups excluding carboxylic acids is 4. The number of aliphatic hydroxyl groups excluding tert-OH is 2. The van der Waals surface area contributed by atoms with E-state index in [9.17, 15) is 39.6 Å². The number of hydrogen-bond donors (Lipinski definition) is 6. The van der Waals surface area contributed by atoms with Crippen molar-refractivity contribution >= 4 is 34.8 Å². The van der Waals surface area contributed by atoms with Gasteiger partial charge < -0.3 is 41.1 Å². The summed E-state index contributed by atoms with van der Waals surface area (Å²) in [7, 11) is 0. The number of ether oxygens (including phenoxy) is 1. The molecule has 2 saturated carbocycles. The number of benzene rings is 1. The van der Waals surface area contributed by atoms with Crippen LogP contribution in [-0.4, -0.2) is 81.3 Å². The second kappa shape index (κ2) is 8.63. The number of anilines is 1. The van der Waals surface area contributed by atoms with Crippen molar-refractivity contribution in [1.29, 1.82) is 0 Å². The molecule has 4 unspecified atom stereocenters. The number of primary amides is 1. The number of rotatable bonds is 4. The molecular formula is C29H31N3O9. The van der Waals surface area contributed by atoms with Crippen LogP contribution in [0.25, 0.3) is 5.76 Å². The van der Waals surface area contributed by atoms with Gasteiger partial charge in [0.25, 0.3) is 5.91 Å². The second-order valence-electron chi connectivity index (χ2n) is 12.4. The minimum Gasteiger partial charge on any atom is -0.508 e. The van der Waals surface area contributed by atoms with Crippen LogP contribution >= 0.6 is 0 Å². The Morgan fingerprint density at radius 3 is 2.46 bits per heavy atom. The average molecular weight is 566 g/mol. The fraction of sp³-hybridized carbons (Fsp3) is 0.517. The number of Topliss-reactive ketones (excluding diaryl/α,β-unsaturated/α-hetero) is 2. The molecule has 4 atom stereocenters. The number of phenolic OH excluding ortho intramolecular Hbond substituents is 1. The lowest BCUT2D eigenvalue weighted by atomic mass is 9.57. The maximum Gasteiger partial charge on any atom is 0.255 e. The number of aliphatic hydroxyl groups is 3. The largest absolute Gasteiger partial charge is 0.508 e. The van der Waals surface area contributed by atoms with E-state index in [1.807, 2.05) is 0 Å². The fourth-order valence-electron chi connectivity index (χ4n) is 7.99. The number of aromatic hydroxyl groups is 1. The summed E-state index contributed by atoms with van der Waals surface area (Å²) in [4.78, 5) is 54.1. The predicted molar refractivity (Wildman–Crippen MR) is 142 cm³/mol. The summed E-state index contributed by atoms with van der Waals surface area (Å²) < 4.78 is 5.33. The molecule has 41 heavy (non-hydrogen) atoms. The molecule has 7 N–H and O–H groups in total. The summed E-state index contributed by atoms with van der Waals surface area (Å²) in [5.74, 6) is -7.09. The van der Waals surface area contributed by atoms with Crippen molar-refractivity contribution in [3.05, 3.63) is 40.2 Å². The quantitative estimate of drug-likeness (QED) is 0.276. The molecule has 2 aliphatic heterocycles. The zero-order chi connectivity index (χ0) is 29.0. The molecule has 1 aromatic carbocycles. The van der Waals surface area contributed by atoms with Crippen molar-refractivity contribution in [3.8, 4) is 5.75 Å². The molecule has 6 aliphatic rings. The monoisotopic (exact) mass is 565 g/mol. The Bertz CT molecular complexity index is 1500. The van der Waals surface area contributed by atoms with Gasteiger partial charge in [-0.1, -0.05) is 0 Å². The summed E-state index contributed by atoms with van der Waals surface area (Å²) in [6.45, 7) is 1.71. The number of hydrogen-bond acceptors (Lipinski definition) is 10. The number of fused-ring (bicyclic) bond motifs is 3. The van der Waals surface area contributed by atoms with Gasteiger partial charge in [-0.3, -0.25) is 19.2 Å². The van der Waals surface area contributed by atoms with Crippen LogP contribution in [0.2, 0.25) is 0 Å². The Kier molecular flexibility index (Phi) is 5.51. The van der Waals surface area contributed by atoms with E-state index in [2.05, 4.69) is 5.32 Å². The van der Waals surface area contributed by atoms with E-state index in [1.54, 1.807) is 11.0 Å². The van der Waals surface area contributed by atoms with Gasteiger partial charge in [0.15, 0.2) is 11.4 Å². The van der Waals surface area contributed by atoms with E-state index in [0.717, 1.165) is 0 Å². The van der Waals surface area contributed by atoms with Crippen molar-refractivity contribution in [1.82, 2.24) is 5.32 Å². The standard InChI is InChI=1S/C29H31N3O9/c30-27(39)21-24(36)22(31-13-8-28(9-13)10-41-11-28)15-7-12-6-14-16(32-5-1-2-18(32)34)3-4-17(33)20(14)23(35)19(12)25(37)29(15,40)26(21)38/h3-4,12-13,15,22,31,33,35,38,40H,1-2,5-11H2,(H2,30,39). The number of nitrogens with one attached hydrogen (secondary N) is 1. The molecule has 12 heteroatoms. The smallest absolute Gasteiger partial charge is 0.255 e. The summed E-state index contributed by atoms with van der Waals surface area (Å²) in [6.07, 6.45) is 2.59. The predicted octanol–water partition coefficient (Wildman–Crippen LogP) is 0.298. The summed E-state index contributed by atoms with van der Waals surface area (Å²) in [6, 6.07) is 1.61. The molecule has 0 aromatic heterocycles. The van der Waals surface area contributed by atoms with Gasteiger partial charge in [0.05, 0.1) is 24.8 Å². The molecule has 1 aromatic rings. The van der Waals surface area contributed by atoms with Gasteiger partial charge in [0, 0.05) is 41.6 Å². The number of amides is 2. The van der Waals surface area contributed by atoms with E-state index in [4.69, 9.17) is 10.5 Å². The first-order chi connectivity index (χ1) is 19.5. The number of nitrogens with zero attached hydrogens (tertiary/aromatic N) is 1. The average Bonchev–Trinajstić information content (AvgIpc) is 3.29. The Morgan fingerprint density at radius 1 is 1.12 bits per heavy atom. The first kappa shape index (κ1) is 26.2. The third kappa shape index (κ3) is 3.44. The SMILES string of the molecule is NC(=O)C1=C(O)C2(O)C(=O)C3=C(O)c4c(O)ccc(N5CCCC5=O)c4CC3CC2C(NC2CC3(COC3)C2)C1=O. The molecule has 0 radical (unpaired) electrons. The van der Waals surface area contributed by atoms with Crippen molar-refractivity contribution in [2.24, 2.45) is 23.0 Å². The van der Waals surface area contributed by atoms with E-state index in [-0.39, 0.29) is 47.1 Å². The van der Waals surface area contributed by atoms with Crippen LogP contribution in [0.5, 0.6) is 5.75 Å². The van der Waals surface area contributed by atoms with Crippen molar-refractivity contribution in [2.75, 3.05) is 24.7 Å². The molecule has 0 bridgehead atoms. The van der Waals surface area contributed by atoms with Gasteiger partial charge >= 0.3 is 0 Å². The van der Waals surface area contributed by atoms with Gasteiger partial charge in [0.2, 0.25) is 11.7 Å². The number of carbonyl (C=O) groups is 4. The lowest BCUT2D eigenvalue weighted by Crippen LogP contribution is -2.69. The minimum atomic E-state index is -2.70. The molecule has 2 heterocycles. The second-order valence-corrected chi connectivity index (χ2v) is 12.4. The number of ketones is 2.